The van der Waals surface area contributed by atoms with E-state index in [4.69, 9.17) is 9.47 Å². The molecule has 6 nitrogen and oxygen atoms in total. The number of ether oxygens (including phenoxy) is 2. The molecule has 184 valence electrons. The summed E-state index contributed by atoms with van der Waals surface area (Å²) < 4.78 is 11.3. The van der Waals surface area contributed by atoms with Gasteiger partial charge in [-0.15, -0.1) is 0 Å². The van der Waals surface area contributed by atoms with Crippen molar-refractivity contribution in [2.45, 2.75) is 43.7 Å². The number of anilines is 1. The molecule has 1 aliphatic heterocycles. The van der Waals surface area contributed by atoms with Crippen molar-refractivity contribution in [3.8, 4) is 11.5 Å². The number of fused-ring (bicyclic) bond motifs is 2. The molecule has 0 unspecified atom stereocenters. The van der Waals surface area contributed by atoms with Crippen LogP contribution in [0.3, 0.4) is 0 Å². The maximum atomic E-state index is 13.3. The zero-order chi connectivity index (χ0) is 24.4. The molecule has 0 radical (unpaired) electrons. The Bertz CT molecular complexity index is 1210. The molecule has 0 spiro atoms. The molecule has 2 N–H and O–H groups in total. The van der Waals surface area contributed by atoms with E-state index in [-0.39, 0.29) is 24.4 Å². The van der Waals surface area contributed by atoms with Crippen molar-refractivity contribution < 1.29 is 19.4 Å². The number of hydrogen-bond acceptors (Lipinski definition) is 5. The lowest BCUT2D eigenvalue weighted by molar-refractivity contribution is -0.135. The minimum atomic E-state index is -0.723. The molecule has 6 heteroatoms. The van der Waals surface area contributed by atoms with Crippen molar-refractivity contribution >= 4 is 22.4 Å². The molecule has 1 heterocycles. The van der Waals surface area contributed by atoms with Crippen molar-refractivity contribution in [2.24, 2.45) is 5.92 Å². The predicted octanol–water partition coefficient (Wildman–Crippen LogP) is 5.16. The lowest BCUT2D eigenvalue weighted by Crippen LogP contribution is -2.56. The average molecular weight is 475 g/mol. The van der Waals surface area contributed by atoms with Crippen LogP contribution < -0.4 is 14.8 Å². The first kappa shape index (κ1) is 23.6. The van der Waals surface area contributed by atoms with E-state index in [0.29, 0.717) is 13.0 Å². The molecule has 2 fully saturated rings. The Balaban J connectivity index is 1.46. The van der Waals surface area contributed by atoms with Gasteiger partial charge in [0.25, 0.3) is 0 Å². The van der Waals surface area contributed by atoms with Gasteiger partial charge in [-0.25, -0.2) is 0 Å². The second-order valence-electron chi connectivity index (χ2n) is 9.80. The summed E-state index contributed by atoms with van der Waals surface area (Å²) in [6.45, 7) is 0.877. The number of nitrogens with one attached hydrogen (secondary N) is 1. The Hall–Kier alpha value is -3.09. The lowest BCUT2D eigenvalue weighted by atomic mass is 9.66. The van der Waals surface area contributed by atoms with Crippen LogP contribution in [0.4, 0.5) is 5.69 Å². The van der Waals surface area contributed by atoms with Gasteiger partial charge in [-0.1, -0.05) is 49.2 Å². The number of carbonyl (C=O) groups excluding carboxylic acids is 1. The molecule has 0 bridgehead atoms. The molecule has 1 saturated carbocycles. The van der Waals surface area contributed by atoms with Gasteiger partial charge in [0.15, 0.2) is 0 Å². The van der Waals surface area contributed by atoms with E-state index in [1.165, 1.54) is 0 Å². The molecule has 35 heavy (non-hydrogen) atoms. The zero-order valence-corrected chi connectivity index (χ0v) is 20.5. The fourth-order valence-electron chi connectivity index (χ4n) is 6.11. The average Bonchev–Trinajstić information content (AvgIpc) is 2.88. The molecule has 5 rings (SSSR count). The zero-order valence-electron chi connectivity index (χ0n) is 20.5. The van der Waals surface area contributed by atoms with Gasteiger partial charge in [-0.05, 0) is 48.9 Å². The minimum Gasteiger partial charge on any atom is -0.497 e. The van der Waals surface area contributed by atoms with Crippen LogP contribution >= 0.6 is 0 Å². The van der Waals surface area contributed by atoms with Crippen LogP contribution in [-0.2, 0) is 4.79 Å². The quantitative estimate of drug-likeness (QED) is 0.516. The summed E-state index contributed by atoms with van der Waals surface area (Å²) in [5.41, 5.74) is 1.06. The SMILES string of the molecule is COc1ccc(OC)c([C@H]2[C@H]3CCCC[C@]3(O)CCN2CC(=O)Nc2cccc3ccccc23)c1. The highest BCUT2D eigenvalue weighted by Gasteiger charge is 2.50. The molecule has 2 aliphatic rings. The fraction of sp³-hybridized carbons (Fsp3) is 0.414. The first-order valence-corrected chi connectivity index (χ1v) is 12.5. The van der Waals surface area contributed by atoms with Crippen LogP contribution in [0.15, 0.2) is 60.7 Å². The maximum absolute atomic E-state index is 13.3. The van der Waals surface area contributed by atoms with Crippen molar-refractivity contribution in [1.82, 2.24) is 4.90 Å². The standard InChI is InChI=1S/C29H34N2O4/c1-34-21-13-14-26(35-2)23(18-21)28-24-11-5-6-15-29(24,33)16-17-31(28)19-27(32)30-25-12-7-9-20-8-3-4-10-22(20)25/h3-4,7-10,12-14,18,24,28,33H,5-6,11,15-17,19H2,1-2H3,(H,30,32)/t24-,28+,29+/m1/s1. The Morgan fingerprint density at radius 1 is 1.06 bits per heavy atom. The monoisotopic (exact) mass is 474 g/mol. The largest absolute Gasteiger partial charge is 0.497 e. The Kier molecular flexibility index (Phi) is 6.67. The van der Waals surface area contributed by atoms with E-state index in [2.05, 4.69) is 10.2 Å². The number of nitrogens with zero attached hydrogens (tertiary/aromatic N) is 1. The van der Waals surface area contributed by atoms with Gasteiger partial charge in [-0.2, -0.15) is 0 Å². The first-order valence-electron chi connectivity index (χ1n) is 12.5. The Morgan fingerprint density at radius 2 is 1.89 bits per heavy atom. The number of aliphatic hydroxyl groups is 1. The number of piperidine rings is 1. The number of hydrogen-bond donors (Lipinski definition) is 2. The van der Waals surface area contributed by atoms with Gasteiger partial charge in [0, 0.05) is 35.1 Å². The first-order chi connectivity index (χ1) is 17.0. The van der Waals surface area contributed by atoms with E-state index >= 15 is 0 Å². The van der Waals surface area contributed by atoms with Crippen LogP contribution in [-0.4, -0.2) is 48.8 Å². The highest BCUT2D eigenvalue weighted by molar-refractivity contribution is 6.02. The van der Waals surface area contributed by atoms with Crippen LogP contribution in [0.2, 0.25) is 0 Å². The molecule has 3 aromatic carbocycles. The third-order valence-electron chi connectivity index (χ3n) is 7.84. The number of benzene rings is 3. The lowest BCUT2D eigenvalue weighted by Gasteiger charge is -2.52. The number of carbonyl (C=O) groups is 1. The summed E-state index contributed by atoms with van der Waals surface area (Å²) in [6, 6.07) is 19.7. The molecule has 0 aromatic heterocycles. The van der Waals surface area contributed by atoms with E-state index in [1.807, 2.05) is 60.7 Å². The highest BCUT2D eigenvalue weighted by atomic mass is 16.5. The second-order valence-corrected chi connectivity index (χ2v) is 9.80. The van der Waals surface area contributed by atoms with Crippen molar-refractivity contribution in [2.75, 3.05) is 32.6 Å². The highest BCUT2D eigenvalue weighted by Crippen LogP contribution is 2.51. The maximum Gasteiger partial charge on any atom is 0.238 e. The van der Waals surface area contributed by atoms with Crippen LogP contribution in [0.25, 0.3) is 10.8 Å². The van der Waals surface area contributed by atoms with Gasteiger partial charge in [0.1, 0.15) is 11.5 Å². The summed E-state index contributed by atoms with van der Waals surface area (Å²) in [5.74, 6) is 1.46. The Labute approximate surface area is 206 Å². The third-order valence-corrected chi connectivity index (χ3v) is 7.84. The molecule has 3 atom stereocenters. The van der Waals surface area contributed by atoms with Crippen LogP contribution in [0.1, 0.15) is 43.7 Å². The molecule has 1 saturated heterocycles. The Morgan fingerprint density at radius 3 is 2.71 bits per heavy atom. The van der Waals surface area contributed by atoms with Gasteiger partial charge in [0.2, 0.25) is 5.91 Å². The summed E-state index contributed by atoms with van der Waals surface area (Å²) >= 11 is 0. The van der Waals surface area contributed by atoms with Crippen LogP contribution in [0.5, 0.6) is 11.5 Å². The van der Waals surface area contributed by atoms with E-state index < -0.39 is 5.60 Å². The number of amides is 1. The summed E-state index contributed by atoms with van der Waals surface area (Å²) in [4.78, 5) is 15.6. The number of rotatable bonds is 6. The fourth-order valence-corrected chi connectivity index (χ4v) is 6.11. The van der Waals surface area contributed by atoms with Gasteiger partial charge in [0.05, 0.1) is 26.4 Å². The van der Waals surface area contributed by atoms with Gasteiger partial charge < -0.3 is 19.9 Å². The predicted molar refractivity (Wildman–Crippen MR) is 138 cm³/mol. The number of likely N-dealkylation sites (tertiary alicyclic amines) is 1. The second kappa shape index (κ2) is 9.88. The third kappa shape index (κ3) is 4.60. The normalized spacial score (nSPS) is 24.5. The van der Waals surface area contributed by atoms with Crippen molar-refractivity contribution in [1.29, 1.82) is 0 Å². The van der Waals surface area contributed by atoms with Crippen LogP contribution in [0, 0.1) is 5.92 Å². The minimum absolute atomic E-state index is 0.0244. The smallest absolute Gasteiger partial charge is 0.238 e. The molecular weight excluding hydrogens is 440 g/mol. The van der Waals surface area contributed by atoms with Gasteiger partial charge >= 0.3 is 0 Å². The number of methoxy groups -OCH3 is 2. The summed E-state index contributed by atoms with van der Waals surface area (Å²) in [7, 11) is 3.32. The summed E-state index contributed by atoms with van der Waals surface area (Å²) in [5, 5.41) is 16.9. The molecule has 1 aliphatic carbocycles. The van der Waals surface area contributed by atoms with E-state index in [1.54, 1.807) is 14.2 Å². The van der Waals surface area contributed by atoms with E-state index in [9.17, 15) is 9.90 Å². The van der Waals surface area contributed by atoms with Gasteiger partial charge in [-0.3, -0.25) is 9.69 Å². The van der Waals surface area contributed by atoms with Crippen molar-refractivity contribution in [3.05, 3.63) is 66.2 Å². The molecule has 3 aromatic rings. The molecular formula is C29H34N2O4. The topological polar surface area (TPSA) is 71.0 Å². The van der Waals surface area contributed by atoms with E-state index in [0.717, 1.165) is 59.2 Å². The molecule has 1 amide bonds. The van der Waals surface area contributed by atoms with Crippen molar-refractivity contribution in [3.63, 3.8) is 0 Å². The summed E-state index contributed by atoms with van der Waals surface area (Å²) in [6.07, 6.45) is 4.50.